The van der Waals surface area contributed by atoms with Crippen LogP contribution in [0.3, 0.4) is 0 Å². The van der Waals surface area contributed by atoms with Crippen LogP contribution in [-0.2, 0) is 4.74 Å². The number of rotatable bonds is 0. The van der Waals surface area contributed by atoms with Crippen molar-refractivity contribution in [3.63, 3.8) is 0 Å². The molecule has 2 heterocycles. The Morgan fingerprint density at radius 3 is 3.30 bits per heavy atom. The summed E-state index contributed by atoms with van der Waals surface area (Å²) in [6.07, 6.45) is 5.74. The van der Waals surface area contributed by atoms with E-state index in [-0.39, 0.29) is 0 Å². The molecule has 2 aliphatic heterocycles. The molecule has 2 atom stereocenters. The van der Waals surface area contributed by atoms with Gasteiger partial charge in [-0.25, -0.2) is 0 Å². The van der Waals surface area contributed by atoms with Crippen LogP contribution in [0.5, 0.6) is 0 Å². The fraction of sp³-hybridized carbons (Fsp3) is 1.00. The molecule has 0 aromatic heterocycles. The van der Waals surface area contributed by atoms with E-state index in [9.17, 15) is 0 Å². The molecule has 10 heavy (non-hydrogen) atoms. The highest BCUT2D eigenvalue weighted by Gasteiger charge is 2.25. The summed E-state index contributed by atoms with van der Waals surface area (Å²) in [5.74, 6) is 0. The van der Waals surface area contributed by atoms with Gasteiger partial charge in [-0.15, -0.1) is 0 Å². The van der Waals surface area contributed by atoms with Crippen molar-refractivity contribution in [3.8, 4) is 0 Å². The van der Waals surface area contributed by atoms with Gasteiger partial charge >= 0.3 is 0 Å². The maximum atomic E-state index is 5.61. The van der Waals surface area contributed by atoms with Gasteiger partial charge in [0, 0.05) is 19.2 Å². The van der Waals surface area contributed by atoms with Crippen LogP contribution in [-0.4, -0.2) is 25.3 Å². The highest BCUT2D eigenvalue weighted by Crippen LogP contribution is 2.18. The predicted molar refractivity (Wildman–Crippen MR) is 40.0 cm³/mol. The lowest BCUT2D eigenvalue weighted by atomic mass is 10.1. The first-order valence-corrected chi connectivity index (χ1v) is 4.30. The summed E-state index contributed by atoms with van der Waals surface area (Å²) < 4.78 is 5.61. The van der Waals surface area contributed by atoms with Crippen molar-refractivity contribution in [3.05, 3.63) is 0 Å². The second-order valence-corrected chi connectivity index (χ2v) is 3.33. The average molecular weight is 141 g/mol. The zero-order chi connectivity index (χ0) is 6.81. The van der Waals surface area contributed by atoms with Crippen LogP contribution in [0.4, 0.5) is 0 Å². The summed E-state index contributed by atoms with van der Waals surface area (Å²) in [5, 5.41) is 3.47. The van der Waals surface area contributed by atoms with E-state index in [1.165, 1.54) is 25.7 Å². The second kappa shape index (κ2) is 2.89. The Hall–Kier alpha value is -0.0800. The molecule has 2 heteroatoms. The molecule has 0 spiro atoms. The molecule has 0 amide bonds. The van der Waals surface area contributed by atoms with Crippen molar-refractivity contribution in [1.82, 2.24) is 5.32 Å². The molecule has 0 saturated carbocycles. The maximum Gasteiger partial charge on any atom is 0.0714 e. The smallest absolute Gasteiger partial charge is 0.0714 e. The van der Waals surface area contributed by atoms with E-state index in [1.807, 2.05) is 0 Å². The lowest BCUT2D eigenvalue weighted by Gasteiger charge is -2.15. The van der Waals surface area contributed by atoms with Gasteiger partial charge in [-0.2, -0.15) is 0 Å². The molecular formula is C8H15NO. The van der Waals surface area contributed by atoms with Crippen molar-refractivity contribution in [1.29, 1.82) is 0 Å². The van der Waals surface area contributed by atoms with Gasteiger partial charge in [0.25, 0.3) is 0 Å². The van der Waals surface area contributed by atoms with Crippen LogP contribution in [0.15, 0.2) is 0 Å². The summed E-state index contributed by atoms with van der Waals surface area (Å²) in [6.45, 7) is 2.07. The molecule has 2 saturated heterocycles. The van der Waals surface area contributed by atoms with Gasteiger partial charge in [0.15, 0.2) is 0 Å². The Kier molecular flexibility index (Phi) is 1.91. The largest absolute Gasteiger partial charge is 0.377 e. The van der Waals surface area contributed by atoms with Gasteiger partial charge in [-0.1, -0.05) is 0 Å². The monoisotopic (exact) mass is 141 g/mol. The van der Waals surface area contributed by atoms with Crippen molar-refractivity contribution in [2.24, 2.45) is 0 Å². The minimum Gasteiger partial charge on any atom is -0.377 e. The molecule has 0 aromatic carbocycles. The fourth-order valence-corrected chi connectivity index (χ4v) is 1.87. The molecule has 0 radical (unpaired) electrons. The minimum absolute atomic E-state index is 0.533. The lowest BCUT2D eigenvalue weighted by Crippen LogP contribution is -2.20. The third-order valence-electron chi connectivity index (χ3n) is 2.48. The van der Waals surface area contributed by atoms with Crippen LogP contribution in [0, 0.1) is 0 Å². The third kappa shape index (κ3) is 1.32. The van der Waals surface area contributed by atoms with E-state index in [0.29, 0.717) is 6.10 Å². The van der Waals surface area contributed by atoms with Crippen molar-refractivity contribution < 1.29 is 4.74 Å². The van der Waals surface area contributed by atoms with Crippen LogP contribution in [0.2, 0.25) is 0 Å². The molecule has 2 nitrogen and oxygen atoms in total. The van der Waals surface area contributed by atoms with Crippen LogP contribution >= 0.6 is 0 Å². The topological polar surface area (TPSA) is 21.3 Å². The van der Waals surface area contributed by atoms with Gasteiger partial charge in [0.05, 0.1) is 6.10 Å². The summed E-state index contributed by atoms with van der Waals surface area (Å²) in [4.78, 5) is 0. The number of ether oxygens (including phenoxy) is 1. The molecule has 2 aliphatic rings. The van der Waals surface area contributed by atoms with Gasteiger partial charge in [-0.3, -0.25) is 0 Å². The summed E-state index contributed by atoms with van der Waals surface area (Å²) >= 11 is 0. The van der Waals surface area contributed by atoms with Crippen LogP contribution < -0.4 is 5.32 Å². The van der Waals surface area contributed by atoms with E-state index in [0.717, 1.165) is 19.2 Å². The first kappa shape index (κ1) is 6.62. The Morgan fingerprint density at radius 1 is 1.30 bits per heavy atom. The Bertz CT molecular complexity index is 104. The molecule has 2 fully saturated rings. The van der Waals surface area contributed by atoms with E-state index >= 15 is 0 Å². The number of hydrogen-bond donors (Lipinski definition) is 1. The highest BCUT2D eigenvalue weighted by atomic mass is 16.5. The molecular weight excluding hydrogens is 126 g/mol. The van der Waals surface area contributed by atoms with E-state index in [4.69, 9.17) is 4.74 Å². The molecule has 2 bridgehead atoms. The minimum atomic E-state index is 0.533. The molecule has 0 aliphatic carbocycles. The first-order chi connectivity index (χ1) is 4.95. The van der Waals surface area contributed by atoms with Crippen molar-refractivity contribution in [2.45, 2.75) is 37.8 Å². The normalized spacial score (nSPS) is 40.8. The lowest BCUT2D eigenvalue weighted by molar-refractivity contribution is 0.0571. The van der Waals surface area contributed by atoms with Crippen LogP contribution in [0.25, 0.3) is 0 Å². The molecule has 2 unspecified atom stereocenters. The Labute approximate surface area is 61.9 Å². The summed E-state index contributed by atoms with van der Waals surface area (Å²) in [6, 6.07) is 0.769. The average Bonchev–Trinajstić information content (AvgIpc) is 2.30. The highest BCUT2D eigenvalue weighted by molar-refractivity contribution is 4.83. The van der Waals surface area contributed by atoms with Gasteiger partial charge < -0.3 is 10.1 Å². The van der Waals surface area contributed by atoms with Crippen LogP contribution in [0.1, 0.15) is 25.7 Å². The van der Waals surface area contributed by atoms with E-state index in [1.54, 1.807) is 0 Å². The summed E-state index contributed by atoms with van der Waals surface area (Å²) in [5.41, 5.74) is 0. The molecule has 2 rings (SSSR count). The van der Waals surface area contributed by atoms with Crippen molar-refractivity contribution >= 4 is 0 Å². The van der Waals surface area contributed by atoms with E-state index < -0.39 is 0 Å². The number of hydrogen-bond acceptors (Lipinski definition) is 2. The van der Waals surface area contributed by atoms with Gasteiger partial charge in [0.1, 0.15) is 0 Å². The maximum absolute atomic E-state index is 5.61. The standard InChI is InChI=1S/C8H15NO/c1-2-4-10-8-5-7(3-1)9-6-8/h7-9H,1-6H2. The second-order valence-electron chi connectivity index (χ2n) is 3.33. The predicted octanol–water partition coefficient (Wildman–Crippen LogP) is 0.917. The Balaban J connectivity index is 1.91. The van der Waals surface area contributed by atoms with Gasteiger partial charge in [-0.05, 0) is 25.7 Å². The SMILES string of the molecule is C1CCC2CC(CN2)OC1. The zero-order valence-corrected chi connectivity index (χ0v) is 6.31. The molecule has 58 valence electrons. The summed E-state index contributed by atoms with van der Waals surface area (Å²) in [7, 11) is 0. The third-order valence-corrected chi connectivity index (χ3v) is 2.48. The zero-order valence-electron chi connectivity index (χ0n) is 6.31. The fourth-order valence-electron chi connectivity index (χ4n) is 1.87. The van der Waals surface area contributed by atoms with E-state index in [2.05, 4.69) is 5.32 Å². The molecule has 0 aromatic rings. The Morgan fingerprint density at radius 2 is 2.30 bits per heavy atom. The first-order valence-electron chi connectivity index (χ1n) is 4.30. The molecule has 1 N–H and O–H groups in total. The van der Waals surface area contributed by atoms with Crippen molar-refractivity contribution in [2.75, 3.05) is 13.2 Å². The quantitative estimate of drug-likeness (QED) is 0.541. The van der Waals surface area contributed by atoms with Gasteiger partial charge in [0.2, 0.25) is 0 Å². The number of nitrogens with one attached hydrogen (secondary N) is 1. The number of fused-ring (bicyclic) bond motifs is 2.